The van der Waals surface area contributed by atoms with Gasteiger partial charge in [-0.3, -0.25) is 28.9 Å². The summed E-state index contributed by atoms with van der Waals surface area (Å²) in [4.78, 5) is 64.2. The van der Waals surface area contributed by atoms with Crippen LogP contribution in [0.4, 0.5) is 0 Å². The van der Waals surface area contributed by atoms with Crippen LogP contribution >= 0.6 is 11.8 Å². The maximum atomic E-state index is 13.8. The molecule has 2 fully saturated rings. The highest BCUT2D eigenvalue weighted by molar-refractivity contribution is 7.99. The summed E-state index contributed by atoms with van der Waals surface area (Å²) >= 11 is 1.12. The van der Waals surface area contributed by atoms with Gasteiger partial charge in [-0.05, 0) is 39.0 Å². The Kier molecular flexibility index (Phi) is 11.4. The Bertz CT molecular complexity index is 901. The van der Waals surface area contributed by atoms with Crippen LogP contribution in [0.2, 0.25) is 0 Å². The summed E-state index contributed by atoms with van der Waals surface area (Å²) in [6.45, 7) is 8.94. The lowest BCUT2D eigenvalue weighted by atomic mass is 9.88. The van der Waals surface area contributed by atoms with Gasteiger partial charge in [-0.25, -0.2) is 0 Å². The molecular formula is C25H40N2O10S. The van der Waals surface area contributed by atoms with Crippen molar-refractivity contribution in [3.63, 3.8) is 0 Å². The highest BCUT2D eigenvalue weighted by Gasteiger charge is 2.64. The molecule has 0 aromatic carbocycles. The fourth-order valence-electron chi connectivity index (χ4n) is 5.22. The summed E-state index contributed by atoms with van der Waals surface area (Å²) in [6.07, 6.45) is -1.13. The molecule has 2 saturated heterocycles. The van der Waals surface area contributed by atoms with Gasteiger partial charge in [0.05, 0.1) is 6.04 Å². The molecule has 2 aliphatic rings. The number of nitrogens with one attached hydrogen (secondary N) is 1. The molecule has 0 unspecified atom stereocenters. The third-order valence-corrected chi connectivity index (χ3v) is 7.48. The number of likely N-dealkylation sites (tertiary alicyclic amines) is 1. The second-order valence-corrected chi connectivity index (χ2v) is 10.7. The average molecular weight is 561 g/mol. The van der Waals surface area contributed by atoms with E-state index in [9.17, 15) is 24.0 Å². The highest BCUT2D eigenvalue weighted by atomic mass is 32.2. The fraction of sp³-hybridized carbons (Fsp3) is 0.800. The largest absolute Gasteiger partial charge is 0.458 e. The molecule has 0 aromatic heterocycles. The molecule has 2 heterocycles. The Balaban J connectivity index is 2.64. The molecule has 0 bridgehead atoms. The minimum atomic E-state index is -1.98. The van der Waals surface area contributed by atoms with E-state index in [1.807, 2.05) is 11.9 Å². The topological polar surface area (TPSA) is 147 Å². The number of nitrogens with zero attached hydrogens (tertiary/aromatic N) is 1. The number of rotatable bonds is 10. The Hall–Kier alpha value is -2.38. The molecule has 0 spiro atoms. The second-order valence-electron chi connectivity index (χ2n) is 9.78. The number of likely N-dealkylation sites (N-methyl/N-ethyl adjacent to an activating group) is 1. The van der Waals surface area contributed by atoms with Crippen molar-refractivity contribution in [2.75, 3.05) is 19.8 Å². The van der Waals surface area contributed by atoms with Crippen molar-refractivity contribution in [3.8, 4) is 0 Å². The molecular weight excluding hydrogens is 520 g/mol. The third kappa shape index (κ3) is 7.60. The summed E-state index contributed by atoms with van der Waals surface area (Å²) in [5, 5.41) is 2.87. The Morgan fingerprint density at radius 1 is 1.00 bits per heavy atom. The molecule has 12 nitrogen and oxygen atoms in total. The standard InChI is InChI=1S/C25H40N2O10S/c1-9-10-18-11-19(27(7)12-18)23(32)26-25(13(2)33-14(3)28)22(36-17(6)31)20(34-15(4)29)21(35-16(5)30)24(37-25)38-8/h13,18-22,24H,9-12H2,1-8H3,(H,26,32)/t13-,18+,19+,20-,21+,22-,24+,25+/m0/s1. The van der Waals surface area contributed by atoms with Gasteiger partial charge in [0.1, 0.15) is 5.44 Å². The normalized spacial score (nSPS) is 32.1. The van der Waals surface area contributed by atoms with Crippen LogP contribution in [0.3, 0.4) is 0 Å². The van der Waals surface area contributed by atoms with E-state index in [4.69, 9.17) is 23.7 Å². The monoisotopic (exact) mass is 560 g/mol. The van der Waals surface area contributed by atoms with Gasteiger partial charge in [-0.2, -0.15) is 0 Å². The van der Waals surface area contributed by atoms with Gasteiger partial charge < -0.3 is 29.0 Å². The molecule has 1 amide bonds. The van der Waals surface area contributed by atoms with Crippen molar-refractivity contribution < 1.29 is 47.7 Å². The van der Waals surface area contributed by atoms with Crippen molar-refractivity contribution in [3.05, 3.63) is 0 Å². The number of carbonyl (C=O) groups excluding carboxylic acids is 5. The minimum absolute atomic E-state index is 0.320. The lowest BCUT2D eigenvalue weighted by Gasteiger charge is -2.52. The van der Waals surface area contributed by atoms with Crippen LogP contribution in [0.5, 0.6) is 0 Å². The predicted octanol–water partition coefficient (Wildman–Crippen LogP) is 1.39. The van der Waals surface area contributed by atoms with E-state index in [2.05, 4.69) is 12.2 Å². The van der Waals surface area contributed by atoms with Crippen LogP contribution in [-0.4, -0.2) is 96.2 Å². The molecule has 8 atom stereocenters. The first-order chi connectivity index (χ1) is 17.7. The van der Waals surface area contributed by atoms with E-state index >= 15 is 0 Å². The van der Waals surface area contributed by atoms with Gasteiger partial charge in [0.25, 0.3) is 0 Å². The van der Waals surface area contributed by atoms with Crippen molar-refractivity contribution >= 4 is 41.5 Å². The van der Waals surface area contributed by atoms with Crippen molar-refractivity contribution in [2.24, 2.45) is 5.92 Å². The lowest BCUT2D eigenvalue weighted by Crippen LogP contribution is -2.77. The first kappa shape index (κ1) is 31.8. The molecule has 1 N–H and O–H groups in total. The van der Waals surface area contributed by atoms with Crippen LogP contribution < -0.4 is 5.32 Å². The number of esters is 4. The molecule has 0 saturated carbocycles. The smallest absolute Gasteiger partial charge is 0.303 e. The third-order valence-electron chi connectivity index (χ3n) is 6.65. The van der Waals surface area contributed by atoms with Gasteiger partial charge in [-0.1, -0.05) is 13.3 Å². The number of carbonyl (C=O) groups is 5. The number of hydrogen-bond acceptors (Lipinski definition) is 12. The predicted molar refractivity (Wildman–Crippen MR) is 137 cm³/mol. The summed E-state index contributed by atoms with van der Waals surface area (Å²) in [5.74, 6) is -3.01. The van der Waals surface area contributed by atoms with Crippen molar-refractivity contribution in [1.29, 1.82) is 0 Å². The fourth-order valence-corrected chi connectivity index (χ4v) is 5.95. The number of amides is 1. The number of ether oxygens (including phenoxy) is 5. The summed E-state index contributed by atoms with van der Waals surface area (Å²) < 4.78 is 28.5. The Morgan fingerprint density at radius 2 is 1.58 bits per heavy atom. The Labute approximate surface area is 227 Å². The number of hydrogen-bond donors (Lipinski definition) is 1. The Morgan fingerprint density at radius 3 is 2.08 bits per heavy atom. The first-order valence-electron chi connectivity index (χ1n) is 12.7. The molecule has 0 aromatic rings. The molecule has 216 valence electrons. The highest BCUT2D eigenvalue weighted by Crippen LogP contribution is 2.41. The van der Waals surface area contributed by atoms with Crippen LogP contribution in [-0.2, 0) is 47.7 Å². The quantitative estimate of drug-likeness (QED) is 0.304. The second kappa shape index (κ2) is 13.6. The molecule has 2 aliphatic heterocycles. The van der Waals surface area contributed by atoms with Gasteiger partial charge in [0.2, 0.25) is 11.6 Å². The van der Waals surface area contributed by atoms with E-state index in [1.165, 1.54) is 20.8 Å². The molecule has 0 radical (unpaired) electrons. The summed E-state index contributed by atoms with van der Waals surface area (Å²) in [5.41, 5.74) is -2.98. The maximum Gasteiger partial charge on any atom is 0.303 e. The maximum absolute atomic E-state index is 13.8. The van der Waals surface area contributed by atoms with Gasteiger partial charge in [-0.15, -0.1) is 11.8 Å². The SMILES string of the molecule is CCC[C@@H]1C[C@H](C(=O)N[C@]2([C@H](C)OC(C)=O)O[C@H](SC)[C@H](OC(C)=O)[C@H](OC(C)=O)[C@@H]2OC(C)=O)N(C)C1. The van der Waals surface area contributed by atoms with E-state index in [-0.39, 0.29) is 0 Å². The van der Waals surface area contributed by atoms with E-state index < -0.39 is 71.4 Å². The van der Waals surface area contributed by atoms with Crippen LogP contribution in [0.25, 0.3) is 0 Å². The molecule has 2 rings (SSSR count). The zero-order valence-corrected chi connectivity index (χ0v) is 24.1. The van der Waals surface area contributed by atoms with Gasteiger partial charge in [0.15, 0.2) is 24.4 Å². The lowest BCUT2D eigenvalue weighted by molar-refractivity contribution is -0.293. The van der Waals surface area contributed by atoms with E-state index in [0.29, 0.717) is 12.3 Å². The van der Waals surface area contributed by atoms with Crippen LogP contribution in [0.15, 0.2) is 0 Å². The van der Waals surface area contributed by atoms with Crippen molar-refractivity contribution in [1.82, 2.24) is 10.2 Å². The van der Waals surface area contributed by atoms with Crippen LogP contribution in [0.1, 0.15) is 60.8 Å². The summed E-state index contributed by atoms with van der Waals surface area (Å²) in [6, 6.07) is -0.527. The van der Waals surface area contributed by atoms with Gasteiger partial charge in [0, 0.05) is 34.2 Å². The summed E-state index contributed by atoms with van der Waals surface area (Å²) in [7, 11) is 1.84. The molecule has 38 heavy (non-hydrogen) atoms. The van der Waals surface area contributed by atoms with Crippen molar-refractivity contribution in [2.45, 2.75) is 102 Å². The average Bonchev–Trinajstić information content (AvgIpc) is 3.16. The van der Waals surface area contributed by atoms with E-state index in [1.54, 1.807) is 6.26 Å². The number of thioether (sulfide) groups is 1. The first-order valence-corrected chi connectivity index (χ1v) is 14.0. The zero-order chi connectivity index (χ0) is 28.8. The molecule has 13 heteroatoms. The molecule has 0 aliphatic carbocycles. The van der Waals surface area contributed by atoms with Gasteiger partial charge >= 0.3 is 23.9 Å². The van der Waals surface area contributed by atoms with E-state index in [0.717, 1.165) is 45.0 Å². The van der Waals surface area contributed by atoms with Crippen LogP contribution in [0, 0.1) is 5.92 Å². The minimum Gasteiger partial charge on any atom is -0.458 e. The zero-order valence-electron chi connectivity index (χ0n) is 23.3.